The van der Waals surface area contributed by atoms with Crippen LogP contribution in [-0.2, 0) is 21.8 Å². The molecule has 1 amide bonds. The van der Waals surface area contributed by atoms with E-state index in [1.165, 1.54) is 30.2 Å². The van der Waals surface area contributed by atoms with Crippen LogP contribution < -0.4 is 5.73 Å². The number of methoxy groups -OCH3 is 1. The van der Waals surface area contributed by atoms with Gasteiger partial charge in [-0.25, -0.2) is 4.79 Å². The van der Waals surface area contributed by atoms with Gasteiger partial charge < -0.3 is 10.5 Å². The molecule has 3 aromatic rings. The zero-order chi connectivity index (χ0) is 18.5. The fraction of sp³-hybridized carbons (Fsp3) is 0.176. The number of hydrogen-bond donors (Lipinski definition) is 1. The summed E-state index contributed by atoms with van der Waals surface area (Å²) in [5, 5.41) is 11.0. The molecule has 1 aromatic carbocycles. The van der Waals surface area contributed by atoms with Crippen molar-refractivity contribution in [2.45, 2.75) is 17.5 Å². The summed E-state index contributed by atoms with van der Waals surface area (Å²) in [5.74, 6) is 0.420. The molecule has 0 spiro atoms. The molecule has 3 rings (SSSR count). The fourth-order valence-corrected chi connectivity index (χ4v) is 3.90. The first-order valence-electron chi connectivity index (χ1n) is 7.64. The molecule has 0 radical (unpaired) electrons. The predicted molar refractivity (Wildman–Crippen MR) is 99.9 cm³/mol. The van der Waals surface area contributed by atoms with Crippen LogP contribution in [-0.4, -0.2) is 33.8 Å². The predicted octanol–water partition coefficient (Wildman–Crippen LogP) is 2.57. The van der Waals surface area contributed by atoms with Gasteiger partial charge in [0.05, 0.1) is 17.6 Å². The van der Waals surface area contributed by atoms with Crippen LogP contribution in [0.25, 0.3) is 10.7 Å². The minimum absolute atomic E-state index is 0.0177. The standard InChI is InChI=1S/C17H16N4O3S2/c1-24-16(23)12-6-4-11(5-7-12)10-26-17-20-19-15(13-3-2-8-25-13)21(17)9-14(18)22/h2-8H,9-10H2,1H3,(H2,18,22). The van der Waals surface area contributed by atoms with Crippen LogP contribution in [0.3, 0.4) is 0 Å². The number of thiophene rings is 1. The molecule has 0 unspecified atom stereocenters. The third kappa shape index (κ3) is 4.12. The maximum Gasteiger partial charge on any atom is 0.337 e. The van der Waals surface area contributed by atoms with Crippen molar-refractivity contribution in [3.8, 4) is 10.7 Å². The number of carbonyl (C=O) groups excluding carboxylic acids is 2. The normalized spacial score (nSPS) is 10.7. The third-order valence-corrected chi connectivity index (χ3v) is 5.42. The lowest BCUT2D eigenvalue weighted by atomic mass is 10.1. The summed E-state index contributed by atoms with van der Waals surface area (Å²) in [6.07, 6.45) is 0. The molecule has 2 aromatic heterocycles. The minimum Gasteiger partial charge on any atom is -0.465 e. The van der Waals surface area contributed by atoms with Gasteiger partial charge in [0.2, 0.25) is 5.91 Å². The highest BCUT2D eigenvalue weighted by Crippen LogP contribution is 2.28. The van der Waals surface area contributed by atoms with E-state index in [-0.39, 0.29) is 12.5 Å². The Morgan fingerprint density at radius 1 is 1.23 bits per heavy atom. The molecule has 9 heteroatoms. The van der Waals surface area contributed by atoms with Crippen molar-refractivity contribution in [2.75, 3.05) is 7.11 Å². The molecule has 0 fully saturated rings. The van der Waals surface area contributed by atoms with Crippen LogP contribution in [0.1, 0.15) is 15.9 Å². The van der Waals surface area contributed by atoms with Gasteiger partial charge in [-0.3, -0.25) is 9.36 Å². The van der Waals surface area contributed by atoms with Gasteiger partial charge in [-0.05, 0) is 29.1 Å². The largest absolute Gasteiger partial charge is 0.465 e. The van der Waals surface area contributed by atoms with Gasteiger partial charge in [-0.1, -0.05) is 30.0 Å². The second kappa shape index (κ2) is 8.15. The number of aromatic nitrogens is 3. The highest BCUT2D eigenvalue weighted by Gasteiger charge is 2.17. The Morgan fingerprint density at radius 3 is 2.62 bits per heavy atom. The number of benzene rings is 1. The maximum atomic E-state index is 11.5. The van der Waals surface area contributed by atoms with Gasteiger partial charge in [0.1, 0.15) is 6.54 Å². The number of esters is 1. The summed E-state index contributed by atoms with van der Waals surface area (Å²) >= 11 is 2.97. The Bertz CT molecular complexity index is 905. The highest BCUT2D eigenvalue weighted by atomic mass is 32.2. The second-order valence-corrected chi connectivity index (χ2v) is 7.20. The first-order chi connectivity index (χ1) is 12.6. The molecule has 0 aliphatic carbocycles. The summed E-state index contributed by atoms with van der Waals surface area (Å²) in [4.78, 5) is 23.8. The average molecular weight is 388 g/mol. The van der Waals surface area contributed by atoms with Crippen molar-refractivity contribution < 1.29 is 14.3 Å². The lowest BCUT2D eigenvalue weighted by Gasteiger charge is -2.07. The lowest BCUT2D eigenvalue weighted by molar-refractivity contribution is -0.118. The van der Waals surface area contributed by atoms with Crippen molar-refractivity contribution >= 4 is 35.0 Å². The van der Waals surface area contributed by atoms with E-state index < -0.39 is 5.91 Å². The Hall–Kier alpha value is -2.65. The Morgan fingerprint density at radius 2 is 2.00 bits per heavy atom. The number of primary amides is 1. The van der Waals surface area contributed by atoms with E-state index in [1.807, 2.05) is 29.6 Å². The van der Waals surface area contributed by atoms with Crippen molar-refractivity contribution in [1.82, 2.24) is 14.8 Å². The quantitative estimate of drug-likeness (QED) is 0.493. The van der Waals surface area contributed by atoms with Crippen LogP contribution in [0.5, 0.6) is 0 Å². The lowest BCUT2D eigenvalue weighted by Crippen LogP contribution is -2.19. The van der Waals surface area contributed by atoms with Crippen molar-refractivity contribution in [2.24, 2.45) is 5.73 Å². The van der Waals surface area contributed by atoms with Crippen LogP contribution in [0.4, 0.5) is 0 Å². The molecule has 2 heterocycles. The molecule has 134 valence electrons. The number of nitrogens with zero attached hydrogens (tertiary/aromatic N) is 3. The zero-order valence-electron chi connectivity index (χ0n) is 13.9. The van der Waals surface area contributed by atoms with Crippen LogP contribution in [0, 0.1) is 0 Å². The molecule has 26 heavy (non-hydrogen) atoms. The van der Waals surface area contributed by atoms with Gasteiger partial charge in [0.25, 0.3) is 0 Å². The smallest absolute Gasteiger partial charge is 0.337 e. The number of rotatable bonds is 7. The summed E-state index contributed by atoms with van der Waals surface area (Å²) in [6.45, 7) is 0.0177. The molecular weight excluding hydrogens is 372 g/mol. The highest BCUT2D eigenvalue weighted by molar-refractivity contribution is 7.98. The van der Waals surface area contributed by atoms with Gasteiger partial charge in [0.15, 0.2) is 11.0 Å². The van der Waals surface area contributed by atoms with E-state index in [4.69, 9.17) is 5.73 Å². The van der Waals surface area contributed by atoms with E-state index in [0.717, 1.165) is 10.4 Å². The number of ether oxygens (including phenoxy) is 1. The topological polar surface area (TPSA) is 100 Å². The molecule has 7 nitrogen and oxygen atoms in total. The maximum absolute atomic E-state index is 11.5. The first kappa shape index (κ1) is 18.2. The number of nitrogens with two attached hydrogens (primary N) is 1. The van der Waals surface area contributed by atoms with Crippen molar-refractivity contribution in [3.05, 3.63) is 52.9 Å². The van der Waals surface area contributed by atoms with Gasteiger partial charge in [0, 0.05) is 5.75 Å². The van der Waals surface area contributed by atoms with Crippen molar-refractivity contribution in [1.29, 1.82) is 0 Å². The van der Waals surface area contributed by atoms with Gasteiger partial charge in [-0.15, -0.1) is 21.5 Å². The molecule has 0 saturated carbocycles. The van der Waals surface area contributed by atoms with E-state index in [0.29, 0.717) is 22.3 Å². The summed E-state index contributed by atoms with van der Waals surface area (Å²) in [6, 6.07) is 11.0. The van der Waals surface area contributed by atoms with Crippen molar-refractivity contribution in [3.63, 3.8) is 0 Å². The molecule has 0 bridgehead atoms. The molecule has 0 atom stereocenters. The molecule has 2 N–H and O–H groups in total. The van der Waals surface area contributed by atoms with Crippen LogP contribution in [0.2, 0.25) is 0 Å². The third-order valence-electron chi connectivity index (χ3n) is 3.52. The molecule has 0 saturated heterocycles. The van der Waals surface area contributed by atoms with Crippen LogP contribution >= 0.6 is 23.1 Å². The number of thioether (sulfide) groups is 1. The van der Waals surface area contributed by atoms with E-state index in [1.54, 1.807) is 16.7 Å². The van der Waals surface area contributed by atoms with E-state index >= 15 is 0 Å². The van der Waals surface area contributed by atoms with Crippen LogP contribution in [0.15, 0.2) is 46.9 Å². The summed E-state index contributed by atoms with van der Waals surface area (Å²) in [5.41, 5.74) is 6.88. The average Bonchev–Trinajstić information content (AvgIpc) is 3.29. The summed E-state index contributed by atoms with van der Waals surface area (Å²) < 4.78 is 6.41. The molecule has 0 aliphatic heterocycles. The van der Waals surface area contributed by atoms with Gasteiger partial charge >= 0.3 is 5.97 Å². The molecular formula is C17H16N4O3S2. The Kier molecular flexibility index (Phi) is 5.69. The Labute approximate surface area is 158 Å². The summed E-state index contributed by atoms with van der Waals surface area (Å²) in [7, 11) is 1.35. The van der Waals surface area contributed by atoms with E-state index in [2.05, 4.69) is 14.9 Å². The first-order valence-corrected chi connectivity index (χ1v) is 9.50. The van der Waals surface area contributed by atoms with Gasteiger partial charge in [-0.2, -0.15) is 0 Å². The number of amides is 1. The zero-order valence-corrected chi connectivity index (χ0v) is 15.5. The second-order valence-electron chi connectivity index (χ2n) is 5.31. The SMILES string of the molecule is COC(=O)c1ccc(CSc2nnc(-c3cccs3)n2CC(N)=O)cc1. The fourth-order valence-electron chi connectivity index (χ4n) is 2.28. The minimum atomic E-state index is -0.452. The monoisotopic (exact) mass is 388 g/mol. The Balaban J connectivity index is 1.77. The van der Waals surface area contributed by atoms with E-state index in [9.17, 15) is 9.59 Å². The molecule has 0 aliphatic rings. The number of hydrogen-bond acceptors (Lipinski definition) is 7. The number of carbonyl (C=O) groups is 2.